The van der Waals surface area contributed by atoms with Gasteiger partial charge in [0.05, 0.1) is 6.10 Å². The Morgan fingerprint density at radius 1 is 1.43 bits per heavy atom. The SMILES string of the molecule is C=CC(O)c1cc(C(C)C)ccc1F. The van der Waals surface area contributed by atoms with Crippen LogP contribution in [0.2, 0.25) is 0 Å². The van der Waals surface area contributed by atoms with Crippen molar-refractivity contribution in [3.8, 4) is 0 Å². The number of hydrogen-bond acceptors (Lipinski definition) is 1. The summed E-state index contributed by atoms with van der Waals surface area (Å²) in [5, 5.41) is 9.46. The molecule has 0 saturated carbocycles. The summed E-state index contributed by atoms with van der Waals surface area (Å²) in [5.74, 6) is -0.0619. The highest BCUT2D eigenvalue weighted by molar-refractivity contribution is 5.30. The molecular weight excluding hydrogens is 179 g/mol. The van der Waals surface area contributed by atoms with Crippen molar-refractivity contribution in [2.24, 2.45) is 0 Å². The van der Waals surface area contributed by atoms with Gasteiger partial charge in [-0.2, -0.15) is 0 Å². The van der Waals surface area contributed by atoms with Crippen LogP contribution in [0, 0.1) is 5.82 Å². The van der Waals surface area contributed by atoms with Gasteiger partial charge in [-0.15, -0.1) is 6.58 Å². The number of rotatable bonds is 3. The molecular formula is C12H15FO. The van der Waals surface area contributed by atoms with Gasteiger partial charge in [-0.1, -0.05) is 26.0 Å². The highest BCUT2D eigenvalue weighted by Crippen LogP contribution is 2.23. The molecule has 0 saturated heterocycles. The maximum atomic E-state index is 13.3. The average molecular weight is 194 g/mol. The summed E-state index contributed by atoms with van der Waals surface area (Å²) in [7, 11) is 0. The second-order valence-corrected chi connectivity index (χ2v) is 3.62. The van der Waals surface area contributed by atoms with E-state index in [0.29, 0.717) is 11.5 Å². The van der Waals surface area contributed by atoms with Gasteiger partial charge in [-0.25, -0.2) is 4.39 Å². The summed E-state index contributed by atoms with van der Waals surface area (Å²) in [6.07, 6.45) is 0.399. The molecule has 1 rings (SSSR count). The van der Waals surface area contributed by atoms with E-state index in [2.05, 4.69) is 6.58 Å². The first-order chi connectivity index (χ1) is 6.56. The summed E-state index contributed by atoms with van der Waals surface area (Å²) in [5.41, 5.74) is 1.31. The highest BCUT2D eigenvalue weighted by atomic mass is 19.1. The molecule has 0 aliphatic rings. The van der Waals surface area contributed by atoms with Gasteiger partial charge in [0.25, 0.3) is 0 Å². The molecule has 0 radical (unpaired) electrons. The molecule has 0 heterocycles. The molecule has 1 unspecified atom stereocenters. The van der Waals surface area contributed by atoms with E-state index in [-0.39, 0.29) is 5.82 Å². The first kappa shape index (κ1) is 10.9. The van der Waals surface area contributed by atoms with Crippen LogP contribution in [-0.4, -0.2) is 5.11 Å². The van der Waals surface area contributed by atoms with Gasteiger partial charge >= 0.3 is 0 Å². The van der Waals surface area contributed by atoms with E-state index in [0.717, 1.165) is 5.56 Å². The van der Waals surface area contributed by atoms with Gasteiger partial charge in [0, 0.05) is 5.56 Å². The molecule has 0 aromatic heterocycles. The molecule has 1 nitrogen and oxygen atoms in total. The van der Waals surface area contributed by atoms with E-state index in [9.17, 15) is 9.50 Å². The largest absolute Gasteiger partial charge is 0.384 e. The molecule has 14 heavy (non-hydrogen) atoms. The van der Waals surface area contributed by atoms with Crippen molar-refractivity contribution in [3.63, 3.8) is 0 Å². The third-order valence-corrected chi connectivity index (χ3v) is 2.23. The Kier molecular flexibility index (Phi) is 3.42. The zero-order valence-corrected chi connectivity index (χ0v) is 8.50. The van der Waals surface area contributed by atoms with E-state index < -0.39 is 6.10 Å². The van der Waals surface area contributed by atoms with Crippen LogP contribution in [0.3, 0.4) is 0 Å². The third kappa shape index (κ3) is 2.20. The molecule has 0 spiro atoms. The summed E-state index contributed by atoms with van der Waals surface area (Å²) >= 11 is 0. The zero-order chi connectivity index (χ0) is 10.7. The van der Waals surface area contributed by atoms with Gasteiger partial charge < -0.3 is 5.11 Å². The lowest BCUT2D eigenvalue weighted by Crippen LogP contribution is -1.99. The van der Waals surface area contributed by atoms with Gasteiger partial charge in [0.2, 0.25) is 0 Å². The van der Waals surface area contributed by atoms with Crippen LogP contribution in [0.5, 0.6) is 0 Å². The van der Waals surface area contributed by atoms with Crippen molar-refractivity contribution in [2.75, 3.05) is 0 Å². The minimum Gasteiger partial charge on any atom is -0.384 e. The van der Waals surface area contributed by atoms with E-state index in [4.69, 9.17) is 0 Å². The van der Waals surface area contributed by atoms with Crippen molar-refractivity contribution >= 4 is 0 Å². The lowest BCUT2D eigenvalue weighted by molar-refractivity contribution is 0.223. The molecule has 0 fully saturated rings. The average Bonchev–Trinajstić information content (AvgIpc) is 2.17. The van der Waals surface area contributed by atoms with Crippen LogP contribution < -0.4 is 0 Å². The van der Waals surface area contributed by atoms with E-state index in [1.807, 2.05) is 13.8 Å². The third-order valence-electron chi connectivity index (χ3n) is 2.23. The lowest BCUT2D eigenvalue weighted by Gasteiger charge is -2.11. The predicted octanol–water partition coefficient (Wildman–Crippen LogP) is 3.17. The molecule has 0 amide bonds. The van der Waals surface area contributed by atoms with Gasteiger partial charge in [-0.05, 0) is 23.6 Å². The smallest absolute Gasteiger partial charge is 0.129 e. The zero-order valence-electron chi connectivity index (χ0n) is 8.50. The van der Waals surface area contributed by atoms with Crippen molar-refractivity contribution in [1.82, 2.24) is 0 Å². The topological polar surface area (TPSA) is 20.2 Å². The molecule has 1 N–H and O–H groups in total. The fourth-order valence-electron chi connectivity index (χ4n) is 1.27. The predicted molar refractivity (Wildman–Crippen MR) is 55.6 cm³/mol. The number of halogens is 1. The first-order valence-electron chi connectivity index (χ1n) is 4.66. The summed E-state index contributed by atoms with van der Waals surface area (Å²) in [6.45, 7) is 7.49. The molecule has 1 atom stereocenters. The van der Waals surface area contributed by atoms with Gasteiger partial charge in [-0.3, -0.25) is 0 Å². The summed E-state index contributed by atoms with van der Waals surface area (Å²) < 4.78 is 13.3. The molecule has 1 aromatic carbocycles. The normalized spacial score (nSPS) is 12.9. The van der Waals surface area contributed by atoms with Crippen molar-refractivity contribution in [2.45, 2.75) is 25.9 Å². The summed E-state index contributed by atoms with van der Waals surface area (Å²) in [6, 6.07) is 4.81. The maximum absolute atomic E-state index is 13.3. The lowest BCUT2D eigenvalue weighted by atomic mass is 9.98. The van der Waals surface area contributed by atoms with E-state index in [1.54, 1.807) is 12.1 Å². The van der Waals surface area contributed by atoms with Gasteiger partial charge in [0.1, 0.15) is 5.82 Å². The fraction of sp³-hybridized carbons (Fsp3) is 0.333. The fourth-order valence-corrected chi connectivity index (χ4v) is 1.27. The number of benzene rings is 1. The Bertz CT molecular complexity index is 331. The maximum Gasteiger partial charge on any atom is 0.129 e. The molecule has 2 heteroatoms. The Hall–Kier alpha value is -1.15. The van der Waals surface area contributed by atoms with Crippen molar-refractivity contribution in [3.05, 3.63) is 47.8 Å². The van der Waals surface area contributed by atoms with Crippen LogP contribution >= 0.6 is 0 Å². The monoisotopic (exact) mass is 194 g/mol. The molecule has 0 aliphatic heterocycles. The first-order valence-corrected chi connectivity index (χ1v) is 4.66. The van der Waals surface area contributed by atoms with Crippen molar-refractivity contribution < 1.29 is 9.50 Å². The second-order valence-electron chi connectivity index (χ2n) is 3.62. The quantitative estimate of drug-likeness (QED) is 0.733. The van der Waals surface area contributed by atoms with Crippen LogP contribution in [0.4, 0.5) is 4.39 Å². The minimum absolute atomic E-state index is 0.297. The second kappa shape index (κ2) is 4.38. The van der Waals surface area contributed by atoms with E-state index >= 15 is 0 Å². The summed E-state index contributed by atoms with van der Waals surface area (Å²) in [4.78, 5) is 0. The van der Waals surface area contributed by atoms with Crippen LogP contribution in [-0.2, 0) is 0 Å². The van der Waals surface area contributed by atoms with Crippen LogP contribution in [0.1, 0.15) is 37.0 Å². The molecule has 0 bridgehead atoms. The van der Waals surface area contributed by atoms with Crippen LogP contribution in [0.15, 0.2) is 30.9 Å². The molecule has 76 valence electrons. The molecule has 1 aromatic rings. The Morgan fingerprint density at radius 2 is 2.07 bits per heavy atom. The standard InChI is InChI=1S/C12H15FO/c1-4-12(14)10-7-9(8(2)3)5-6-11(10)13/h4-8,12,14H,1H2,2-3H3. The Balaban J connectivity index is 3.14. The van der Waals surface area contributed by atoms with Gasteiger partial charge in [0.15, 0.2) is 0 Å². The van der Waals surface area contributed by atoms with Crippen molar-refractivity contribution in [1.29, 1.82) is 0 Å². The minimum atomic E-state index is -0.923. The number of aliphatic hydroxyl groups excluding tert-OH is 1. The Morgan fingerprint density at radius 3 is 2.57 bits per heavy atom. The Labute approximate surface area is 83.9 Å². The van der Waals surface area contributed by atoms with E-state index in [1.165, 1.54) is 12.1 Å². The molecule has 0 aliphatic carbocycles. The van der Waals surface area contributed by atoms with Crippen LogP contribution in [0.25, 0.3) is 0 Å². The highest BCUT2D eigenvalue weighted by Gasteiger charge is 2.11. The number of hydrogen-bond donors (Lipinski definition) is 1. The number of aliphatic hydroxyl groups is 1.